The molecule has 0 bridgehead atoms. The lowest BCUT2D eigenvalue weighted by Gasteiger charge is -2.25. The van der Waals surface area contributed by atoms with Crippen LogP contribution < -0.4 is 23.7 Å². The number of esters is 1. The van der Waals surface area contributed by atoms with E-state index in [1.165, 1.54) is 7.11 Å². The molecular weight excluding hydrogens is 440 g/mol. The first-order valence-corrected chi connectivity index (χ1v) is 11.4. The lowest BCUT2D eigenvalue weighted by atomic mass is 9.82. The Bertz CT molecular complexity index is 1010. The second-order valence-electron chi connectivity index (χ2n) is 8.39. The van der Waals surface area contributed by atoms with Gasteiger partial charge < -0.3 is 33.2 Å². The smallest absolute Gasteiger partial charge is 0.314 e. The van der Waals surface area contributed by atoms with Crippen molar-refractivity contribution in [3.05, 3.63) is 41.5 Å². The molecule has 0 saturated carbocycles. The molecule has 0 radical (unpaired) electrons. The van der Waals surface area contributed by atoms with Gasteiger partial charge in [-0.2, -0.15) is 0 Å². The second-order valence-corrected chi connectivity index (χ2v) is 8.39. The van der Waals surface area contributed by atoms with E-state index in [9.17, 15) is 9.59 Å². The Morgan fingerprint density at radius 3 is 2.26 bits per heavy atom. The van der Waals surface area contributed by atoms with Gasteiger partial charge >= 0.3 is 5.97 Å². The second kappa shape index (κ2) is 11.1. The molecule has 1 aliphatic rings. The number of carbonyl (C=O) groups excluding carboxylic acids is 2. The van der Waals surface area contributed by atoms with Gasteiger partial charge in [0, 0.05) is 0 Å². The van der Waals surface area contributed by atoms with E-state index in [0.29, 0.717) is 39.9 Å². The third-order valence-electron chi connectivity index (χ3n) is 5.17. The molecule has 184 valence electrons. The molecule has 0 aromatic heterocycles. The summed E-state index contributed by atoms with van der Waals surface area (Å²) in [5.41, 5.74) is 1.11. The van der Waals surface area contributed by atoms with Crippen LogP contribution in [0.1, 0.15) is 57.6 Å². The Balaban J connectivity index is 2.14. The lowest BCUT2D eigenvalue weighted by Crippen LogP contribution is -2.24. The highest BCUT2D eigenvalue weighted by molar-refractivity contribution is 5.85. The van der Waals surface area contributed by atoms with E-state index in [4.69, 9.17) is 28.4 Å². The van der Waals surface area contributed by atoms with E-state index in [-0.39, 0.29) is 25.6 Å². The molecule has 1 aliphatic heterocycles. The number of hydrogen-bond acceptors (Lipinski definition) is 8. The molecule has 0 fully saturated rings. The molecule has 8 nitrogen and oxygen atoms in total. The van der Waals surface area contributed by atoms with Crippen molar-refractivity contribution in [3.63, 3.8) is 0 Å². The van der Waals surface area contributed by atoms with E-state index in [1.54, 1.807) is 37.3 Å². The summed E-state index contributed by atoms with van der Waals surface area (Å²) in [4.78, 5) is 25.6. The summed E-state index contributed by atoms with van der Waals surface area (Å²) >= 11 is 0. The van der Waals surface area contributed by atoms with Gasteiger partial charge in [-0.3, -0.25) is 4.79 Å². The maximum absolute atomic E-state index is 13.1. The number of hydrogen-bond donors (Lipinski definition) is 0. The molecular formula is C26H32O8. The summed E-state index contributed by atoms with van der Waals surface area (Å²) in [7, 11) is 1.52. The van der Waals surface area contributed by atoms with E-state index in [1.807, 2.05) is 27.7 Å². The topological polar surface area (TPSA) is 89.5 Å². The van der Waals surface area contributed by atoms with Crippen LogP contribution in [0.15, 0.2) is 30.3 Å². The highest BCUT2D eigenvalue weighted by Crippen LogP contribution is 2.45. The molecule has 0 saturated heterocycles. The van der Waals surface area contributed by atoms with E-state index in [2.05, 4.69) is 0 Å². The van der Waals surface area contributed by atoms with Crippen molar-refractivity contribution in [2.24, 2.45) is 0 Å². The molecule has 0 amide bonds. The van der Waals surface area contributed by atoms with Crippen LogP contribution in [0.2, 0.25) is 0 Å². The van der Waals surface area contributed by atoms with Crippen molar-refractivity contribution in [2.75, 3.05) is 20.5 Å². The SMILES string of the molecule is CCOC(=O)C(c1ccc2c(c1)OCO2)C(C=O)c1cc(OC)c(OC(C)C)c(OC(C)C)c1. The fraction of sp³-hybridized carbons (Fsp3) is 0.462. The highest BCUT2D eigenvalue weighted by Gasteiger charge is 2.35. The van der Waals surface area contributed by atoms with Crippen LogP contribution in [0.5, 0.6) is 28.7 Å². The number of methoxy groups -OCH3 is 1. The fourth-order valence-electron chi connectivity index (χ4n) is 3.81. The van der Waals surface area contributed by atoms with Gasteiger partial charge in [-0.25, -0.2) is 0 Å². The number of carbonyl (C=O) groups is 2. The number of benzene rings is 2. The molecule has 0 aliphatic carbocycles. The predicted molar refractivity (Wildman–Crippen MR) is 125 cm³/mol. The largest absolute Gasteiger partial charge is 0.493 e. The maximum atomic E-state index is 13.1. The van der Waals surface area contributed by atoms with Gasteiger partial charge in [0.25, 0.3) is 0 Å². The fourth-order valence-corrected chi connectivity index (χ4v) is 3.81. The summed E-state index contributed by atoms with van der Waals surface area (Å²) in [6.45, 7) is 9.59. The molecule has 8 heteroatoms. The average molecular weight is 473 g/mol. The van der Waals surface area contributed by atoms with Crippen LogP contribution in [0.3, 0.4) is 0 Å². The maximum Gasteiger partial charge on any atom is 0.314 e. The molecule has 0 N–H and O–H groups in total. The van der Waals surface area contributed by atoms with Crippen LogP contribution in [-0.4, -0.2) is 45.0 Å². The van der Waals surface area contributed by atoms with Crippen molar-refractivity contribution in [1.82, 2.24) is 0 Å². The van der Waals surface area contributed by atoms with Gasteiger partial charge in [-0.15, -0.1) is 0 Å². The molecule has 1 heterocycles. The number of fused-ring (bicyclic) bond motifs is 1. The first-order chi connectivity index (χ1) is 16.3. The third-order valence-corrected chi connectivity index (χ3v) is 5.17. The zero-order chi connectivity index (χ0) is 24.8. The Hall–Kier alpha value is -3.42. The monoisotopic (exact) mass is 472 g/mol. The van der Waals surface area contributed by atoms with Crippen LogP contribution in [-0.2, 0) is 14.3 Å². The average Bonchev–Trinajstić information content (AvgIpc) is 3.25. The summed E-state index contributed by atoms with van der Waals surface area (Å²) in [5, 5.41) is 0. The summed E-state index contributed by atoms with van der Waals surface area (Å²) in [5.74, 6) is 0.0511. The highest BCUT2D eigenvalue weighted by atomic mass is 16.7. The lowest BCUT2D eigenvalue weighted by molar-refractivity contribution is -0.146. The van der Waals surface area contributed by atoms with Crippen LogP contribution in [0.25, 0.3) is 0 Å². The Kier molecular flexibility index (Phi) is 8.26. The van der Waals surface area contributed by atoms with Gasteiger partial charge in [0.05, 0.1) is 37.8 Å². The van der Waals surface area contributed by atoms with E-state index >= 15 is 0 Å². The Morgan fingerprint density at radius 1 is 0.971 bits per heavy atom. The Labute approximate surface area is 200 Å². The minimum Gasteiger partial charge on any atom is -0.493 e. The number of rotatable bonds is 11. The molecule has 2 unspecified atom stereocenters. The number of ether oxygens (including phenoxy) is 6. The molecule has 34 heavy (non-hydrogen) atoms. The van der Waals surface area contributed by atoms with Gasteiger partial charge in [-0.05, 0) is 70.0 Å². The van der Waals surface area contributed by atoms with E-state index < -0.39 is 17.8 Å². The van der Waals surface area contributed by atoms with Gasteiger partial charge in [-0.1, -0.05) is 6.07 Å². The predicted octanol–water partition coefficient (Wildman–Crippen LogP) is 4.63. The summed E-state index contributed by atoms with van der Waals surface area (Å²) in [6.07, 6.45) is 0.458. The normalized spacial score (nSPS) is 14.0. The zero-order valence-electron chi connectivity index (χ0n) is 20.5. The van der Waals surface area contributed by atoms with Gasteiger partial charge in [0.1, 0.15) is 6.29 Å². The summed E-state index contributed by atoms with van der Waals surface area (Å²) < 4.78 is 33.8. The minimum atomic E-state index is -0.916. The van der Waals surface area contributed by atoms with Crippen molar-refractivity contribution >= 4 is 12.3 Å². The van der Waals surface area contributed by atoms with Crippen LogP contribution in [0, 0.1) is 0 Å². The van der Waals surface area contributed by atoms with Crippen LogP contribution in [0.4, 0.5) is 0 Å². The first kappa shape index (κ1) is 25.2. The van der Waals surface area contributed by atoms with Crippen molar-refractivity contribution < 1.29 is 38.0 Å². The third kappa shape index (κ3) is 5.55. The van der Waals surface area contributed by atoms with Gasteiger partial charge in [0.15, 0.2) is 23.0 Å². The van der Waals surface area contributed by atoms with Crippen molar-refractivity contribution in [3.8, 4) is 28.7 Å². The zero-order valence-corrected chi connectivity index (χ0v) is 20.5. The van der Waals surface area contributed by atoms with Gasteiger partial charge in [0.2, 0.25) is 12.5 Å². The van der Waals surface area contributed by atoms with Crippen LogP contribution >= 0.6 is 0 Å². The molecule has 2 aromatic carbocycles. The standard InChI is InChI=1S/C26H32O8/c1-7-30-26(28)24(17-8-9-20-21(10-17)32-14-31-20)19(13-27)18-11-22(29-6)25(34-16(4)5)23(12-18)33-15(2)3/h8-13,15-16,19,24H,7,14H2,1-6H3. The number of aldehydes is 1. The summed E-state index contributed by atoms with van der Waals surface area (Å²) in [6, 6.07) is 8.59. The molecule has 2 atom stereocenters. The first-order valence-electron chi connectivity index (χ1n) is 11.4. The molecule has 3 rings (SSSR count). The van der Waals surface area contributed by atoms with Crippen molar-refractivity contribution in [2.45, 2.75) is 58.7 Å². The van der Waals surface area contributed by atoms with E-state index in [0.717, 1.165) is 6.29 Å². The Morgan fingerprint density at radius 2 is 1.65 bits per heavy atom. The van der Waals surface area contributed by atoms with Crippen molar-refractivity contribution in [1.29, 1.82) is 0 Å². The minimum absolute atomic E-state index is 0.102. The molecule has 0 spiro atoms. The quantitative estimate of drug-likeness (QED) is 0.346. The molecule has 2 aromatic rings.